The van der Waals surface area contributed by atoms with Gasteiger partial charge in [-0.15, -0.1) is 0 Å². The number of aryl methyl sites for hydroxylation is 2. The average molecular weight is 582 g/mol. The first kappa shape index (κ1) is 30.8. The molecule has 0 bridgehead atoms. The van der Waals surface area contributed by atoms with Gasteiger partial charge in [-0.25, -0.2) is 8.42 Å². The van der Waals surface area contributed by atoms with E-state index in [4.69, 9.17) is 0 Å². The van der Waals surface area contributed by atoms with E-state index in [2.05, 4.69) is 15.2 Å². The number of rotatable bonds is 10. The highest BCUT2D eigenvalue weighted by Gasteiger charge is 2.37. The van der Waals surface area contributed by atoms with Crippen molar-refractivity contribution in [2.75, 3.05) is 12.8 Å². The summed E-state index contributed by atoms with van der Waals surface area (Å²) in [6.45, 7) is 0.139. The lowest BCUT2D eigenvalue weighted by atomic mass is 9.84. The molecule has 218 valence electrons. The molecule has 1 aliphatic carbocycles. The SMILES string of the molecule is CCn1nc(C(=O)NC[C@]2(O)CC[C@@H](S(C)(=O)=O)CC2)c(C)c1-c1ccc(CCC(F)(F)F)cc1OC(F)F. The Labute approximate surface area is 223 Å². The number of benzene rings is 1. The number of aliphatic hydroxyl groups is 1. The Morgan fingerprint density at radius 1 is 1.28 bits per heavy atom. The van der Waals surface area contributed by atoms with Crippen LogP contribution in [-0.2, 0) is 22.8 Å². The first-order chi connectivity index (χ1) is 18.0. The number of nitrogens with one attached hydrogen (secondary N) is 1. The summed E-state index contributed by atoms with van der Waals surface area (Å²) in [6, 6.07) is 3.87. The Bertz CT molecular complexity index is 1290. The van der Waals surface area contributed by atoms with Crippen LogP contribution in [0.1, 0.15) is 60.6 Å². The summed E-state index contributed by atoms with van der Waals surface area (Å²) >= 11 is 0. The number of sulfone groups is 1. The van der Waals surface area contributed by atoms with Gasteiger partial charge in [0, 0.05) is 36.9 Å². The molecule has 2 N–H and O–H groups in total. The maximum Gasteiger partial charge on any atom is 0.389 e. The van der Waals surface area contributed by atoms with Gasteiger partial charge in [0.2, 0.25) is 0 Å². The molecule has 0 unspecified atom stereocenters. The minimum Gasteiger partial charge on any atom is -0.434 e. The lowest BCUT2D eigenvalue weighted by Crippen LogP contribution is -2.47. The maximum atomic E-state index is 13.2. The predicted molar refractivity (Wildman–Crippen MR) is 133 cm³/mol. The lowest BCUT2D eigenvalue weighted by Gasteiger charge is -2.35. The van der Waals surface area contributed by atoms with Crippen molar-refractivity contribution in [3.63, 3.8) is 0 Å². The van der Waals surface area contributed by atoms with Gasteiger partial charge >= 0.3 is 12.8 Å². The number of hydrogen-bond donors (Lipinski definition) is 2. The summed E-state index contributed by atoms with van der Waals surface area (Å²) in [6.07, 6.45) is -3.89. The molecular weight excluding hydrogens is 549 g/mol. The number of hydrogen-bond acceptors (Lipinski definition) is 6. The van der Waals surface area contributed by atoms with Gasteiger partial charge in [0.05, 0.1) is 16.5 Å². The third-order valence-corrected chi connectivity index (χ3v) is 8.65. The minimum absolute atomic E-state index is 0.0237. The number of alkyl halides is 5. The van der Waals surface area contributed by atoms with E-state index in [-0.39, 0.29) is 67.0 Å². The first-order valence-electron chi connectivity index (χ1n) is 12.4. The van der Waals surface area contributed by atoms with Gasteiger partial charge in [0.15, 0.2) is 5.69 Å². The summed E-state index contributed by atoms with van der Waals surface area (Å²) in [7, 11) is -3.23. The van der Waals surface area contributed by atoms with E-state index >= 15 is 0 Å². The highest BCUT2D eigenvalue weighted by atomic mass is 32.2. The predicted octanol–water partition coefficient (Wildman–Crippen LogP) is 4.42. The summed E-state index contributed by atoms with van der Waals surface area (Å²) in [4.78, 5) is 13.0. The van der Waals surface area contributed by atoms with Crippen molar-refractivity contribution in [3.8, 4) is 17.0 Å². The third kappa shape index (κ3) is 7.90. The molecule has 1 saturated carbocycles. The quantitative estimate of drug-likeness (QED) is 0.402. The fourth-order valence-corrected chi connectivity index (χ4v) is 5.89. The van der Waals surface area contributed by atoms with Crippen LogP contribution in [0.15, 0.2) is 18.2 Å². The van der Waals surface area contributed by atoms with E-state index < -0.39 is 52.2 Å². The zero-order chi connectivity index (χ0) is 29.2. The van der Waals surface area contributed by atoms with Gasteiger partial charge in [-0.2, -0.15) is 27.1 Å². The molecule has 3 rings (SSSR count). The van der Waals surface area contributed by atoms with Gasteiger partial charge in [0.1, 0.15) is 15.6 Å². The van der Waals surface area contributed by atoms with E-state index in [0.717, 1.165) is 12.3 Å². The van der Waals surface area contributed by atoms with Crippen LogP contribution >= 0.6 is 0 Å². The van der Waals surface area contributed by atoms with Crippen molar-refractivity contribution < 1.29 is 45.0 Å². The molecule has 0 atom stereocenters. The Balaban J connectivity index is 1.84. The van der Waals surface area contributed by atoms with E-state index in [9.17, 15) is 40.3 Å². The van der Waals surface area contributed by atoms with Crippen molar-refractivity contribution >= 4 is 15.7 Å². The molecule has 1 fully saturated rings. The van der Waals surface area contributed by atoms with Gasteiger partial charge < -0.3 is 15.2 Å². The second-order valence-corrected chi connectivity index (χ2v) is 12.2. The van der Waals surface area contributed by atoms with Crippen molar-refractivity contribution in [1.82, 2.24) is 15.1 Å². The number of halogens is 5. The fourth-order valence-electron chi connectivity index (χ4n) is 4.80. The monoisotopic (exact) mass is 581 g/mol. The Morgan fingerprint density at radius 3 is 2.46 bits per heavy atom. The molecule has 0 spiro atoms. The van der Waals surface area contributed by atoms with E-state index in [1.54, 1.807) is 13.8 Å². The number of aromatic nitrogens is 2. The van der Waals surface area contributed by atoms with Crippen LogP contribution in [0.5, 0.6) is 5.75 Å². The molecule has 1 aromatic carbocycles. The third-order valence-electron chi connectivity index (χ3n) is 6.97. The molecule has 0 aliphatic heterocycles. The molecular formula is C25H32F5N3O5S. The summed E-state index contributed by atoms with van der Waals surface area (Å²) in [5, 5.41) is 17.2. The van der Waals surface area contributed by atoms with Crippen LogP contribution in [0.3, 0.4) is 0 Å². The molecule has 0 radical (unpaired) electrons. The molecule has 39 heavy (non-hydrogen) atoms. The number of carbonyl (C=O) groups excluding carboxylic acids is 1. The largest absolute Gasteiger partial charge is 0.434 e. The zero-order valence-electron chi connectivity index (χ0n) is 21.8. The molecule has 1 heterocycles. The first-order valence-corrected chi connectivity index (χ1v) is 14.4. The smallest absolute Gasteiger partial charge is 0.389 e. The number of ether oxygens (including phenoxy) is 1. The molecule has 0 saturated heterocycles. The second kappa shape index (κ2) is 11.8. The van der Waals surface area contributed by atoms with E-state index in [1.165, 1.54) is 16.8 Å². The van der Waals surface area contributed by atoms with Crippen molar-refractivity contribution in [2.24, 2.45) is 0 Å². The lowest BCUT2D eigenvalue weighted by molar-refractivity contribution is -0.134. The van der Waals surface area contributed by atoms with Gasteiger partial charge in [0.25, 0.3) is 5.91 Å². The molecule has 1 aliphatic rings. The summed E-state index contributed by atoms with van der Waals surface area (Å²) in [5.74, 6) is -0.969. The van der Waals surface area contributed by atoms with Gasteiger partial charge in [-0.1, -0.05) is 6.07 Å². The topological polar surface area (TPSA) is 111 Å². The summed E-state index contributed by atoms with van der Waals surface area (Å²) < 4.78 is 94.0. The second-order valence-electron chi connectivity index (χ2n) is 9.90. The number of amides is 1. The maximum absolute atomic E-state index is 13.2. The molecule has 8 nitrogen and oxygen atoms in total. The van der Waals surface area contributed by atoms with Gasteiger partial charge in [-0.05, 0) is 63.6 Å². The molecule has 1 amide bonds. The van der Waals surface area contributed by atoms with Gasteiger partial charge in [-0.3, -0.25) is 9.48 Å². The van der Waals surface area contributed by atoms with Crippen molar-refractivity contribution in [3.05, 3.63) is 35.0 Å². The van der Waals surface area contributed by atoms with Crippen molar-refractivity contribution in [1.29, 1.82) is 0 Å². The Kier molecular flexibility index (Phi) is 9.31. The number of carbonyl (C=O) groups is 1. The standard InChI is InChI=1S/C25H32F5N3O5S/c1-4-33-21(18-6-5-16(7-12-25(28,29)30)13-19(18)38-23(26)27)15(2)20(32-33)22(34)31-14-24(35)10-8-17(9-11-24)39(3,36)37/h5-6,13,17,23,35H,4,7-12,14H2,1-3H3,(H,31,34)/t17-,24+. The van der Waals surface area contributed by atoms with Crippen LogP contribution in [0, 0.1) is 6.92 Å². The van der Waals surface area contributed by atoms with Crippen LogP contribution in [0.4, 0.5) is 22.0 Å². The van der Waals surface area contributed by atoms with Crippen LogP contribution < -0.4 is 10.1 Å². The fraction of sp³-hybridized carbons (Fsp3) is 0.600. The average Bonchev–Trinajstić information content (AvgIpc) is 3.16. The highest BCUT2D eigenvalue weighted by Crippen LogP contribution is 2.37. The van der Waals surface area contributed by atoms with Crippen LogP contribution in [0.2, 0.25) is 0 Å². The van der Waals surface area contributed by atoms with E-state index in [0.29, 0.717) is 5.56 Å². The minimum atomic E-state index is -4.41. The molecule has 14 heteroatoms. The normalized spacial score (nSPS) is 20.3. The highest BCUT2D eigenvalue weighted by molar-refractivity contribution is 7.91. The van der Waals surface area contributed by atoms with Crippen molar-refractivity contribution in [2.45, 2.75) is 82.6 Å². The Morgan fingerprint density at radius 2 is 1.92 bits per heavy atom. The summed E-state index contributed by atoms with van der Waals surface area (Å²) in [5.41, 5.74) is -0.411. The molecule has 2 aromatic rings. The number of nitrogens with zero attached hydrogens (tertiary/aromatic N) is 2. The zero-order valence-corrected chi connectivity index (χ0v) is 22.6. The molecule has 1 aromatic heterocycles. The van der Waals surface area contributed by atoms with Crippen LogP contribution in [-0.4, -0.2) is 65.7 Å². The van der Waals surface area contributed by atoms with Crippen LogP contribution in [0.25, 0.3) is 11.3 Å². The Hall–Kier alpha value is -2.74. The van der Waals surface area contributed by atoms with E-state index in [1.807, 2.05) is 0 Å².